The van der Waals surface area contributed by atoms with Crippen LogP contribution in [0.5, 0.6) is 11.5 Å². The second-order valence-electron chi connectivity index (χ2n) is 8.61. The Bertz CT molecular complexity index is 1120. The number of carbonyl (C=O) groups excluding carboxylic acids is 3. The molecule has 3 amide bonds. The van der Waals surface area contributed by atoms with Crippen molar-refractivity contribution < 1.29 is 23.9 Å². The highest BCUT2D eigenvalue weighted by Crippen LogP contribution is 2.39. The molecule has 0 spiro atoms. The minimum absolute atomic E-state index is 0.241. The van der Waals surface area contributed by atoms with Gasteiger partial charge in [0.2, 0.25) is 0 Å². The van der Waals surface area contributed by atoms with Crippen LogP contribution in [0.15, 0.2) is 24.3 Å². The van der Waals surface area contributed by atoms with Crippen LogP contribution in [0.1, 0.15) is 53.1 Å². The number of fused-ring (bicyclic) bond motifs is 1. The Morgan fingerprint density at radius 2 is 1.84 bits per heavy atom. The topological polar surface area (TPSA) is 89.9 Å². The zero-order valence-corrected chi connectivity index (χ0v) is 17.9. The number of carbonyl (C=O) groups is 3. The lowest BCUT2D eigenvalue weighted by Gasteiger charge is -2.25. The van der Waals surface area contributed by atoms with E-state index >= 15 is 0 Å². The predicted molar refractivity (Wildman–Crippen MR) is 112 cm³/mol. The zero-order chi connectivity index (χ0) is 21.9. The van der Waals surface area contributed by atoms with E-state index < -0.39 is 17.5 Å². The molecule has 31 heavy (non-hydrogen) atoms. The molecule has 1 N–H and O–H groups in total. The molecule has 0 bridgehead atoms. The van der Waals surface area contributed by atoms with Crippen LogP contribution in [-0.2, 0) is 10.3 Å². The van der Waals surface area contributed by atoms with E-state index in [9.17, 15) is 14.4 Å². The van der Waals surface area contributed by atoms with Crippen molar-refractivity contribution in [3.05, 3.63) is 46.8 Å². The van der Waals surface area contributed by atoms with Crippen LogP contribution in [0, 0.1) is 13.8 Å². The molecule has 2 aromatic rings. The van der Waals surface area contributed by atoms with Gasteiger partial charge in [-0.1, -0.05) is 6.07 Å². The molecular weight excluding hydrogens is 398 g/mol. The summed E-state index contributed by atoms with van der Waals surface area (Å²) in [5, 5.41) is 2.75. The Balaban J connectivity index is 1.39. The van der Waals surface area contributed by atoms with Crippen LogP contribution >= 0.6 is 0 Å². The third kappa shape index (κ3) is 3.08. The van der Waals surface area contributed by atoms with Gasteiger partial charge in [0.1, 0.15) is 18.8 Å². The first kappa shape index (κ1) is 19.7. The van der Waals surface area contributed by atoms with Crippen molar-refractivity contribution in [2.45, 2.75) is 45.2 Å². The quantitative estimate of drug-likeness (QED) is 0.590. The van der Waals surface area contributed by atoms with Gasteiger partial charge in [0.15, 0.2) is 17.3 Å². The zero-order valence-electron chi connectivity index (χ0n) is 17.9. The summed E-state index contributed by atoms with van der Waals surface area (Å²) in [5.74, 6) is 0.441. The minimum atomic E-state index is -1.28. The van der Waals surface area contributed by atoms with E-state index in [1.165, 1.54) is 0 Å². The van der Waals surface area contributed by atoms with Crippen LogP contribution in [0.2, 0.25) is 0 Å². The third-order valence-corrected chi connectivity index (χ3v) is 6.39. The molecule has 2 aliphatic heterocycles. The van der Waals surface area contributed by atoms with Gasteiger partial charge in [0.05, 0.1) is 6.54 Å². The second-order valence-corrected chi connectivity index (χ2v) is 8.61. The van der Waals surface area contributed by atoms with Gasteiger partial charge < -0.3 is 19.4 Å². The predicted octanol–water partition coefficient (Wildman–Crippen LogP) is 2.86. The van der Waals surface area contributed by atoms with Gasteiger partial charge in [-0.25, -0.2) is 4.79 Å². The summed E-state index contributed by atoms with van der Waals surface area (Å²) in [6, 6.07) is 6.91. The van der Waals surface area contributed by atoms with Crippen molar-refractivity contribution in [2.24, 2.45) is 0 Å². The largest absolute Gasteiger partial charge is 0.486 e. The van der Waals surface area contributed by atoms with E-state index in [-0.39, 0.29) is 12.3 Å². The fourth-order valence-electron chi connectivity index (χ4n) is 4.57. The maximum absolute atomic E-state index is 13.3. The molecule has 1 aromatic heterocycles. The van der Waals surface area contributed by atoms with Crippen LogP contribution in [-0.4, -0.2) is 46.9 Å². The summed E-state index contributed by atoms with van der Waals surface area (Å²) in [4.78, 5) is 40.0. The molecule has 5 rings (SSSR count). The number of rotatable bonds is 5. The molecule has 2 fully saturated rings. The average Bonchev–Trinajstić information content (AvgIpc) is 3.50. The molecule has 3 aliphatic rings. The summed E-state index contributed by atoms with van der Waals surface area (Å²) in [7, 11) is 0. The first-order valence-electron chi connectivity index (χ1n) is 10.6. The van der Waals surface area contributed by atoms with Crippen molar-refractivity contribution >= 4 is 17.7 Å². The normalized spacial score (nSPS) is 22.6. The second kappa shape index (κ2) is 6.87. The molecule has 1 atom stereocenters. The molecule has 0 unspecified atom stereocenters. The van der Waals surface area contributed by atoms with Gasteiger partial charge in [-0.15, -0.1) is 0 Å². The standard InChI is InChI=1S/C23H25N3O5/c1-13-10-17(14(2)26(13)16-5-6-16)18(27)12-25-21(28)23(3,24-22(25)29)15-4-7-19-20(11-15)31-9-8-30-19/h4,7,10-11,16H,5-6,8-9,12H2,1-3H3,(H,24,29)/t23-/m1/s1. The molecule has 3 heterocycles. The lowest BCUT2D eigenvalue weighted by Crippen LogP contribution is -2.41. The monoisotopic (exact) mass is 423 g/mol. The highest BCUT2D eigenvalue weighted by atomic mass is 16.6. The Labute approximate surface area is 180 Å². The minimum Gasteiger partial charge on any atom is -0.486 e. The van der Waals surface area contributed by atoms with Crippen molar-refractivity contribution in [3.8, 4) is 11.5 Å². The lowest BCUT2D eigenvalue weighted by atomic mass is 9.91. The number of Topliss-reactive ketones (excluding diaryl/α,β-unsaturated/α-hetero) is 1. The SMILES string of the molecule is Cc1cc(C(=O)CN2C(=O)N[C@](C)(c3ccc4c(c3)OCCO4)C2=O)c(C)n1C1CC1. The number of aryl methyl sites for hydroxylation is 1. The van der Waals surface area contributed by atoms with Crippen LogP contribution in [0.4, 0.5) is 4.79 Å². The van der Waals surface area contributed by atoms with Gasteiger partial charge in [0.25, 0.3) is 5.91 Å². The number of hydrogen-bond donors (Lipinski definition) is 1. The maximum atomic E-state index is 13.3. The smallest absolute Gasteiger partial charge is 0.325 e. The highest BCUT2D eigenvalue weighted by molar-refractivity contribution is 6.11. The van der Waals surface area contributed by atoms with E-state index in [0.29, 0.717) is 41.9 Å². The Morgan fingerprint density at radius 3 is 2.55 bits per heavy atom. The maximum Gasteiger partial charge on any atom is 0.325 e. The number of imide groups is 1. The molecule has 0 radical (unpaired) electrons. The van der Waals surface area contributed by atoms with Crippen molar-refractivity contribution in [2.75, 3.05) is 19.8 Å². The van der Waals surface area contributed by atoms with E-state index in [0.717, 1.165) is 29.1 Å². The number of ketones is 1. The fourth-order valence-corrected chi connectivity index (χ4v) is 4.57. The number of nitrogens with one attached hydrogen (secondary N) is 1. The van der Waals surface area contributed by atoms with E-state index in [1.54, 1.807) is 25.1 Å². The first-order chi connectivity index (χ1) is 14.8. The number of aromatic nitrogens is 1. The third-order valence-electron chi connectivity index (χ3n) is 6.39. The number of hydrogen-bond acceptors (Lipinski definition) is 5. The van der Waals surface area contributed by atoms with Gasteiger partial charge in [-0.3, -0.25) is 14.5 Å². The highest BCUT2D eigenvalue weighted by Gasteiger charge is 2.50. The molecule has 1 aromatic carbocycles. The summed E-state index contributed by atoms with van der Waals surface area (Å²) in [6.45, 7) is 6.14. The molecule has 162 valence electrons. The number of benzene rings is 1. The van der Waals surface area contributed by atoms with Gasteiger partial charge >= 0.3 is 6.03 Å². The van der Waals surface area contributed by atoms with Gasteiger partial charge in [0, 0.05) is 23.0 Å². The molecule has 8 heteroatoms. The van der Waals surface area contributed by atoms with Crippen molar-refractivity contribution in [1.29, 1.82) is 0 Å². The molecule has 1 saturated carbocycles. The molecular formula is C23H25N3O5. The van der Waals surface area contributed by atoms with Crippen molar-refractivity contribution in [1.82, 2.24) is 14.8 Å². The van der Waals surface area contributed by atoms with E-state index in [4.69, 9.17) is 9.47 Å². The van der Waals surface area contributed by atoms with Gasteiger partial charge in [-0.2, -0.15) is 0 Å². The Hall–Kier alpha value is -3.29. The Kier molecular flexibility index (Phi) is 4.35. The molecule has 8 nitrogen and oxygen atoms in total. The van der Waals surface area contributed by atoms with Gasteiger partial charge in [-0.05, 0) is 57.4 Å². The van der Waals surface area contributed by atoms with Crippen LogP contribution in [0.3, 0.4) is 0 Å². The average molecular weight is 423 g/mol. The van der Waals surface area contributed by atoms with Crippen LogP contribution < -0.4 is 14.8 Å². The van der Waals surface area contributed by atoms with Crippen LogP contribution in [0.25, 0.3) is 0 Å². The Morgan fingerprint density at radius 1 is 1.13 bits per heavy atom. The number of amides is 3. The van der Waals surface area contributed by atoms with E-state index in [2.05, 4.69) is 9.88 Å². The summed E-state index contributed by atoms with van der Waals surface area (Å²) < 4.78 is 13.3. The van der Waals surface area contributed by atoms with Crippen molar-refractivity contribution in [3.63, 3.8) is 0 Å². The summed E-state index contributed by atoms with van der Waals surface area (Å²) in [5.41, 5.74) is 1.79. The fraction of sp³-hybridized carbons (Fsp3) is 0.435. The lowest BCUT2D eigenvalue weighted by molar-refractivity contribution is -0.130. The summed E-state index contributed by atoms with van der Waals surface area (Å²) >= 11 is 0. The summed E-state index contributed by atoms with van der Waals surface area (Å²) in [6.07, 6.45) is 2.23. The number of ether oxygens (including phenoxy) is 2. The number of urea groups is 1. The van der Waals surface area contributed by atoms with E-state index in [1.807, 2.05) is 19.9 Å². The first-order valence-corrected chi connectivity index (χ1v) is 10.6. The molecule has 1 saturated heterocycles. The molecule has 1 aliphatic carbocycles. The number of nitrogens with zero attached hydrogens (tertiary/aromatic N) is 2.